The minimum absolute atomic E-state index is 0.156. The molecule has 56 heavy (non-hydrogen) atoms. The maximum absolute atomic E-state index is 10.3. The zero-order chi connectivity index (χ0) is 39.5. The van der Waals surface area contributed by atoms with Crippen LogP contribution in [0.2, 0.25) is 5.15 Å². The van der Waals surface area contributed by atoms with Gasteiger partial charge in [-0.15, -0.1) is 15.0 Å². The molecule has 2 heterocycles. The third-order valence-corrected chi connectivity index (χ3v) is 10.1. The van der Waals surface area contributed by atoms with E-state index >= 15 is 0 Å². The third kappa shape index (κ3) is 8.88. The maximum atomic E-state index is 10.3. The van der Waals surface area contributed by atoms with Crippen molar-refractivity contribution in [2.45, 2.75) is 72.1 Å². The lowest BCUT2D eigenvalue weighted by molar-refractivity contribution is -0.117. The number of hydrogen-bond acceptors (Lipinski definition) is 6. The molecule has 0 saturated heterocycles. The molecule has 0 atom stereocenters. The summed E-state index contributed by atoms with van der Waals surface area (Å²) in [7, 11) is 0. The number of Topliss-reactive ketones (excluding diaryl/α,β-unsaturated/α-hetero) is 1. The second kappa shape index (κ2) is 18.8. The molecule has 0 aliphatic carbocycles. The standard InChI is InChI=1S/C41H37ClN6O.C6H12O/c1-2-3-23-38-43-39(42)37(29-49)47(38)28-30-24-26-31(27-25-30)35-21-13-14-22-36(35)40-44-46-48(45-40)41(32-15-7-4-8-16-32,33-17-9-5-10-18-33)34-19-11-6-12-20-34;1-5(2)4-6(3)7/h4-22,24-27,49H,2-3,23,28-29H2,1H3;5H,4H2,1-3H3. The summed E-state index contributed by atoms with van der Waals surface area (Å²) in [4.78, 5) is 16.6. The van der Waals surface area contributed by atoms with Gasteiger partial charge in [0.2, 0.25) is 5.82 Å². The van der Waals surface area contributed by atoms with Gasteiger partial charge in [-0.2, -0.15) is 0 Å². The van der Waals surface area contributed by atoms with Gasteiger partial charge in [0.05, 0.1) is 12.3 Å². The minimum atomic E-state index is -0.856. The molecule has 0 radical (unpaired) electrons. The van der Waals surface area contributed by atoms with Gasteiger partial charge in [0, 0.05) is 24.9 Å². The molecule has 9 heteroatoms. The van der Waals surface area contributed by atoms with Crippen LogP contribution in [0.4, 0.5) is 0 Å². The van der Waals surface area contributed by atoms with Crippen molar-refractivity contribution in [3.63, 3.8) is 0 Å². The molecule has 0 saturated carbocycles. The lowest BCUT2D eigenvalue weighted by atomic mass is 9.77. The molecule has 0 spiro atoms. The summed E-state index contributed by atoms with van der Waals surface area (Å²) in [6, 6.07) is 47.7. The van der Waals surface area contributed by atoms with E-state index in [9.17, 15) is 9.90 Å². The molecule has 0 aliphatic rings. The Balaban J connectivity index is 0.000000695. The summed E-state index contributed by atoms with van der Waals surface area (Å²) < 4.78 is 2.04. The highest BCUT2D eigenvalue weighted by atomic mass is 35.5. The summed E-state index contributed by atoms with van der Waals surface area (Å²) in [6.07, 6.45) is 3.60. The van der Waals surface area contributed by atoms with Crippen LogP contribution in [0.1, 0.15) is 80.7 Å². The maximum Gasteiger partial charge on any atom is 0.205 e. The molecule has 0 amide bonds. The van der Waals surface area contributed by atoms with Crippen LogP contribution < -0.4 is 0 Å². The number of carbonyl (C=O) groups excluding carboxylic acids is 1. The average molecular weight is 765 g/mol. The van der Waals surface area contributed by atoms with E-state index < -0.39 is 5.54 Å². The lowest BCUT2D eigenvalue weighted by Crippen LogP contribution is -2.39. The highest BCUT2D eigenvalue weighted by Crippen LogP contribution is 2.40. The fraction of sp³-hybridized carbons (Fsp3) is 0.255. The van der Waals surface area contributed by atoms with Crippen LogP contribution in [-0.2, 0) is 29.9 Å². The van der Waals surface area contributed by atoms with Crippen molar-refractivity contribution in [3.05, 3.63) is 178 Å². The number of benzene rings is 5. The number of aryl methyl sites for hydroxylation is 1. The smallest absolute Gasteiger partial charge is 0.205 e. The summed E-state index contributed by atoms with van der Waals surface area (Å²) in [5.41, 5.74) is 6.89. The van der Waals surface area contributed by atoms with Gasteiger partial charge in [-0.05, 0) is 57.9 Å². The molecule has 286 valence electrons. The number of carbonyl (C=O) groups is 1. The van der Waals surface area contributed by atoms with E-state index in [0.29, 0.717) is 29.1 Å². The van der Waals surface area contributed by atoms with Gasteiger partial charge >= 0.3 is 0 Å². The van der Waals surface area contributed by atoms with Gasteiger partial charge in [-0.1, -0.05) is 178 Å². The Labute approximate surface area is 334 Å². The number of tetrazole rings is 1. The second-order valence-corrected chi connectivity index (χ2v) is 14.7. The fourth-order valence-electron chi connectivity index (χ4n) is 7.19. The van der Waals surface area contributed by atoms with E-state index in [0.717, 1.165) is 70.5 Å². The van der Waals surface area contributed by atoms with Crippen molar-refractivity contribution in [2.24, 2.45) is 5.92 Å². The zero-order valence-electron chi connectivity index (χ0n) is 32.5. The third-order valence-electron chi connectivity index (χ3n) is 9.76. The first-order valence-electron chi connectivity index (χ1n) is 19.3. The van der Waals surface area contributed by atoms with Gasteiger partial charge in [0.15, 0.2) is 10.7 Å². The number of aliphatic hydroxyl groups is 1. The monoisotopic (exact) mass is 764 g/mol. The molecule has 0 bridgehead atoms. The topological polar surface area (TPSA) is 98.7 Å². The molecule has 1 N–H and O–H groups in total. The zero-order valence-corrected chi connectivity index (χ0v) is 33.3. The SMILES string of the molecule is CC(=O)CC(C)C.CCCCc1nc(Cl)c(CO)n1Cc1ccc(-c2ccccc2-c2nnn(C(c3ccccc3)(c3ccccc3)c3ccccc3)n2)cc1. The van der Waals surface area contributed by atoms with E-state index in [2.05, 4.69) is 78.6 Å². The van der Waals surface area contributed by atoms with Crippen molar-refractivity contribution in [1.82, 2.24) is 29.8 Å². The van der Waals surface area contributed by atoms with E-state index in [1.54, 1.807) is 11.7 Å². The summed E-state index contributed by atoms with van der Waals surface area (Å²) in [5, 5.41) is 25.0. The summed E-state index contributed by atoms with van der Waals surface area (Å²) in [5.74, 6) is 2.25. The van der Waals surface area contributed by atoms with E-state index in [-0.39, 0.29) is 12.4 Å². The molecule has 0 unspecified atom stereocenters. The molecule has 7 aromatic rings. The number of unbranched alkanes of at least 4 members (excludes halogenated alkanes) is 1. The summed E-state index contributed by atoms with van der Waals surface area (Å²) in [6.45, 7) is 8.29. The Morgan fingerprint density at radius 3 is 1.79 bits per heavy atom. The predicted molar refractivity (Wildman–Crippen MR) is 224 cm³/mol. The first-order valence-corrected chi connectivity index (χ1v) is 19.6. The molecular formula is C47H49ClN6O2. The number of rotatable bonds is 14. The highest BCUT2D eigenvalue weighted by Gasteiger charge is 2.41. The number of ketones is 1. The summed E-state index contributed by atoms with van der Waals surface area (Å²) >= 11 is 6.40. The van der Waals surface area contributed by atoms with Crippen molar-refractivity contribution >= 4 is 17.4 Å². The number of aliphatic hydroxyl groups excluding tert-OH is 1. The van der Waals surface area contributed by atoms with Crippen molar-refractivity contribution in [2.75, 3.05) is 0 Å². The van der Waals surface area contributed by atoms with E-state index in [1.165, 1.54) is 0 Å². The highest BCUT2D eigenvalue weighted by molar-refractivity contribution is 6.30. The van der Waals surface area contributed by atoms with Crippen molar-refractivity contribution in [1.29, 1.82) is 0 Å². The van der Waals surface area contributed by atoms with Crippen molar-refractivity contribution in [3.8, 4) is 22.5 Å². The quantitative estimate of drug-likeness (QED) is 0.111. The van der Waals surface area contributed by atoms with Gasteiger partial charge in [0.1, 0.15) is 11.6 Å². The number of imidazole rings is 1. The van der Waals surface area contributed by atoms with Crippen LogP contribution >= 0.6 is 11.6 Å². The average Bonchev–Trinajstić information content (AvgIpc) is 3.83. The first-order chi connectivity index (χ1) is 27.3. The molecular weight excluding hydrogens is 716 g/mol. The van der Waals surface area contributed by atoms with Gasteiger partial charge in [0.25, 0.3) is 0 Å². The number of nitrogens with zero attached hydrogens (tertiary/aromatic N) is 6. The van der Waals surface area contributed by atoms with Crippen LogP contribution in [0.3, 0.4) is 0 Å². The predicted octanol–water partition coefficient (Wildman–Crippen LogP) is 10.2. The minimum Gasteiger partial charge on any atom is -0.390 e. The molecule has 0 aliphatic heterocycles. The first kappa shape index (κ1) is 40.0. The normalized spacial score (nSPS) is 11.3. The Bertz CT molecular complexity index is 2210. The molecule has 8 nitrogen and oxygen atoms in total. The van der Waals surface area contributed by atoms with Gasteiger partial charge < -0.3 is 14.5 Å². The number of hydrogen-bond donors (Lipinski definition) is 1. The van der Waals surface area contributed by atoms with Crippen LogP contribution in [0.25, 0.3) is 22.5 Å². The van der Waals surface area contributed by atoms with Gasteiger partial charge in [-0.3, -0.25) is 0 Å². The Hall–Kier alpha value is -5.70. The van der Waals surface area contributed by atoms with Gasteiger partial charge in [-0.25, -0.2) is 4.98 Å². The van der Waals surface area contributed by atoms with Crippen LogP contribution in [-0.4, -0.2) is 40.6 Å². The van der Waals surface area contributed by atoms with E-state index in [1.807, 2.05) is 91.2 Å². The number of aromatic nitrogens is 6. The van der Waals surface area contributed by atoms with Crippen LogP contribution in [0, 0.1) is 5.92 Å². The molecule has 5 aromatic carbocycles. The molecule has 2 aromatic heterocycles. The molecule has 7 rings (SSSR count). The molecule has 0 fully saturated rings. The lowest BCUT2D eigenvalue weighted by Gasteiger charge is -2.34. The largest absolute Gasteiger partial charge is 0.390 e. The van der Waals surface area contributed by atoms with E-state index in [4.69, 9.17) is 27.0 Å². The number of halogens is 1. The fourth-order valence-corrected chi connectivity index (χ4v) is 7.45. The Kier molecular flexibility index (Phi) is 13.4. The Morgan fingerprint density at radius 1 is 0.768 bits per heavy atom. The van der Waals surface area contributed by atoms with Crippen molar-refractivity contribution < 1.29 is 9.90 Å². The van der Waals surface area contributed by atoms with Crippen LogP contribution in [0.5, 0.6) is 0 Å². The Morgan fingerprint density at radius 2 is 1.30 bits per heavy atom. The second-order valence-electron chi connectivity index (χ2n) is 14.4. The van der Waals surface area contributed by atoms with Crippen LogP contribution in [0.15, 0.2) is 140 Å².